The Hall–Kier alpha value is -3.97. The van der Waals surface area contributed by atoms with E-state index in [-0.39, 0.29) is 28.8 Å². The summed E-state index contributed by atoms with van der Waals surface area (Å²) in [5, 5.41) is 9.73. The second kappa shape index (κ2) is 7.86. The molecule has 7 nitrogen and oxygen atoms in total. The molecule has 172 valence electrons. The maximum Gasteiger partial charge on any atom is 0.433 e. The van der Waals surface area contributed by atoms with Crippen molar-refractivity contribution in [2.75, 3.05) is 5.32 Å². The zero-order valence-electron chi connectivity index (χ0n) is 16.4. The van der Waals surface area contributed by atoms with Gasteiger partial charge in [0, 0.05) is 29.6 Å². The van der Waals surface area contributed by atoms with Gasteiger partial charge in [0.15, 0.2) is 28.8 Å². The van der Waals surface area contributed by atoms with Crippen LogP contribution in [0.25, 0.3) is 5.65 Å². The maximum atomic E-state index is 13.8. The Morgan fingerprint density at radius 2 is 1.79 bits per heavy atom. The number of rotatable bonds is 4. The molecular weight excluding hydrogens is 461 g/mol. The van der Waals surface area contributed by atoms with Crippen LogP contribution in [0.4, 0.5) is 36.4 Å². The molecular formula is C19H11F7N6O. The van der Waals surface area contributed by atoms with E-state index in [9.17, 15) is 35.5 Å². The Balaban J connectivity index is 1.56. The van der Waals surface area contributed by atoms with Gasteiger partial charge in [-0.1, -0.05) is 0 Å². The Labute approximate surface area is 179 Å². The SMILES string of the molecule is Cc1cc(C(F)(F)F)n2nc(C(=O)Nc3cnn(Cc4c(F)cc(F)c(F)c4F)c3)cc2n1. The van der Waals surface area contributed by atoms with Gasteiger partial charge >= 0.3 is 6.18 Å². The highest BCUT2D eigenvalue weighted by molar-refractivity contribution is 6.03. The highest BCUT2D eigenvalue weighted by Gasteiger charge is 2.35. The summed E-state index contributed by atoms with van der Waals surface area (Å²) in [6.07, 6.45) is -2.54. The molecule has 0 aliphatic rings. The minimum absolute atomic E-state index is 0.000593. The summed E-state index contributed by atoms with van der Waals surface area (Å²) in [5.41, 5.74) is -2.43. The van der Waals surface area contributed by atoms with E-state index >= 15 is 0 Å². The van der Waals surface area contributed by atoms with Gasteiger partial charge in [-0.3, -0.25) is 9.48 Å². The molecule has 0 saturated carbocycles. The fourth-order valence-corrected chi connectivity index (χ4v) is 3.03. The highest BCUT2D eigenvalue weighted by Crippen LogP contribution is 2.30. The number of aromatic nitrogens is 5. The number of halogens is 7. The summed E-state index contributed by atoms with van der Waals surface area (Å²) in [5.74, 6) is -7.49. The van der Waals surface area contributed by atoms with Crippen molar-refractivity contribution in [1.29, 1.82) is 0 Å². The normalized spacial score (nSPS) is 11.9. The van der Waals surface area contributed by atoms with Crippen molar-refractivity contribution in [3.05, 3.63) is 76.5 Å². The first kappa shape index (κ1) is 22.2. The number of aryl methyl sites for hydroxylation is 1. The first-order chi connectivity index (χ1) is 15.4. The van der Waals surface area contributed by atoms with Crippen LogP contribution >= 0.6 is 0 Å². The Morgan fingerprint density at radius 3 is 2.48 bits per heavy atom. The molecule has 3 aromatic heterocycles. The van der Waals surface area contributed by atoms with E-state index in [0.717, 1.165) is 29.2 Å². The summed E-state index contributed by atoms with van der Waals surface area (Å²) in [6, 6.07) is 2.02. The van der Waals surface area contributed by atoms with Gasteiger partial charge in [-0.15, -0.1) is 0 Å². The van der Waals surface area contributed by atoms with Gasteiger partial charge in [-0.25, -0.2) is 27.1 Å². The average Bonchev–Trinajstić information content (AvgIpc) is 3.34. The second-order valence-electron chi connectivity index (χ2n) is 6.91. The molecule has 0 spiro atoms. The van der Waals surface area contributed by atoms with Crippen molar-refractivity contribution < 1.29 is 35.5 Å². The number of hydrogen-bond acceptors (Lipinski definition) is 4. The molecule has 33 heavy (non-hydrogen) atoms. The Morgan fingerprint density at radius 1 is 1.06 bits per heavy atom. The zero-order valence-corrected chi connectivity index (χ0v) is 16.4. The standard InChI is InChI=1S/C19H11F7N6O/c1-8-2-14(19(24,25)26)32-15(28-8)4-13(30-32)18(33)29-9-5-27-31(6-9)7-10-11(20)3-12(21)17(23)16(10)22/h2-6H,7H2,1H3,(H,29,33). The minimum Gasteiger partial charge on any atom is -0.318 e. The number of alkyl halides is 3. The van der Waals surface area contributed by atoms with E-state index in [1.54, 1.807) is 0 Å². The summed E-state index contributed by atoms with van der Waals surface area (Å²) in [6.45, 7) is 0.728. The van der Waals surface area contributed by atoms with Crippen LogP contribution in [0.5, 0.6) is 0 Å². The lowest BCUT2D eigenvalue weighted by Crippen LogP contribution is -2.15. The number of hydrogen-bond donors (Lipinski definition) is 1. The van der Waals surface area contributed by atoms with Crippen LogP contribution in [-0.2, 0) is 12.7 Å². The van der Waals surface area contributed by atoms with E-state index in [1.807, 2.05) is 0 Å². The van der Waals surface area contributed by atoms with Crippen molar-refractivity contribution >= 4 is 17.2 Å². The number of anilines is 1. The quantitative estimate of drug-likeness (QED) is 0.276. The monoisotopic (exact) mass is 472 g/mol. The fourth-order valence-electron chi connectivity index (χ4n) is 3.03. The number of amides is 1. The molecule has 1 amide bonds. The molecule has 0 atom stereocenters. The fraction of sp³-hybridized carbons (Fsp3) is 0.158. The van der Waals surface area contributed by atoms with Crippen molar-refractivity contribution in [3.8, 4) is 0 Å². The lowest BCUT2D eigenvalue weighted by atomic mass is 10.2. The van der Waals surface area contributed by atoms with E-state index in [2.05, 4.69) is 20.5 Å². The molecule has 14 heteroatoms. The van der Waals surface area contributed by atoms with E-state index in [0.29, 0.717) is 4.52 Å². The van der Waals surface area contributed by atoms with Crippen LogP contribution in [-0.4, -0.2) is 30.3 Å². The minimum atomic E-state index is -4.74. The highest BCUT2D eigenvalue weighted by atomic mass is 19.4. The van der Waals surface area contributed by atoms with Crippen LogP contribution in [0, 0.1) is 30.2 Å². The molecule has 1 N–H and O–H groups in total. The molecule has 0 aliphatic carbocycles. The summed E-state index contributed by atoms with van der Waals surface area (Å²) >= 11 is 0. The molecule has 4 rings (SSSR count). The van der Waals surface area contributed by atoms with Crippen LogP contribution in [0.1, 0.15) is 27.4 Å². The lowest BCUT2D eigenvalue weighted by Gasteiger charge is -2.09. The van der Waals surface area contributed by atoms with E-state index < -0.39 is 53.2 Å². The topological polar surface area (TPSA) is 77.1 Å². The van der Waals surface area contributed by atoms with Gasteiger partial charge in [0.1, 0.15) is 11.5 Å². The Kier molecular flexibility index (Phi) is 5.30. The Bertz CT molecular complexity index is 1390. The predicted octanol–water partition coefficient (Wildman–Crippen LogP) is 4.11. The van der Waals surface area contributed by atoms with Gasteiger partial charge in [0.2, 0.25) is 0 Å². The third-order valence-electron chi connectivity index (χ3n) is 4.50. The molecule has 0 unspecified atom stereocenters. The molecule has 0 saturated heterocycles. The maximum absolute atomic E-state index is 13.8. The third kappa shape index (κ3) is 4.23. The first-order valence-electron chi connectivity index (χ1n) is 9.04. The molecule has 0 aliphatic heterocycles. The number of benzene rings is 1. The van der Waals surface area contributed by atoms with Crippen molar-refractivity contribution in [3.63, 3.8) is 0 Å². The van der Waals surface area contributed by atoms with Crippen LogP contribution in [0.2, 0.25) is 0 Å². The molecule has 0 radical (unpaired) electrons. The van der Waals surface area contributed by atoms with Gasteiger partial charge in [0.05, 0.1) is 18.4 Å². The van der Waals surface area contributed by atoms with Crippen LogP contribution < -0.4 is 5.32 Å². The lowest BCUT2D eigenvalue weighted by molar-refractivity contribution is -0.142. The largest absolute Gasteiger partial charge is 0.433 e. The first-order valence-corrected chi connectivity index (χ1v) is 9.04. The molecule has 3 heterocycles. The van der Waals surface area contributed by atoms with Gasteiger partial charge in [-0.05, 0) is 13.0 Å². The number of nitrogens with zero attached hydrogens (tertiary/aromatic N) is 5. The third-order valence-corrected chi connectivity index (χ3v) is 4.50. The number of carbonyl (C=O) groups excluding carboxylic acids is 1. The molecule has 0 fully saturated rings. The second-order valence-corrected chi connectivity index (χ2v) is 6.91. The smallest absolute Gasteiger partial charge is 0.318 e. The van der Waals surface area contributed by atoms with E-state index in [1.165, 1.54) is 6.92 Å². The van der Waals surface area contributed by atoms with E-state index in [4.69, 9.17) is 0 Å². The number of fused-ring (bicyclic) bond motifs is 1. The number of carbonyl (C=O) groups is 1. The van der Waals surface area contributed by atoms with Crippen LogP contribution in [0.15, 0.2) is 30.6 Å². The molecule has 1 aromatic carbocycles. The molecule has 0 bridgehead atoms. The van der Waals surface area contributed by atoms with Crippen LogP contribution in [0.3, 0.4) is 0 Å². The zero-order chi connectivity index (χ0) is 24.1. The van der Waals surface area contributed by atoms with Crippen molar-refractivity contribution in [1.82, 2.24) is 24.4 Å². The summed E-state index contributed by atoms with van der Waals surface area (Å²) in [4.78, 5) is 16.4. The predicted molar refractivity (Wildman–Crippen MR) is 98.3 cm³/mol. The van der Waals surface area contributed by atoms with Crippen molar-refractivity contribution in [2.24, 2.45) is 0 Å². The molecule has 4 aromatic rings. The summed E-state index contributed by atoms with van der Waals surface area (Å²) < 4.78 is 95.2. The number of nitrogens with one attached hydrogen (secondary N) is 1. The average molecular weight is 472 g/mol. The van der Waals surface area contributed by atoms with Crippen molar-refractivity contribution in [2.45, 2.75) is 19.6 Å². The summed E-state index contributed by atoms with van der Waals surface area (Å²) in [7, 11) is 0. The van der Waals surface area contributed by atoms with Gasteiger partial charge in [0.25, 0.3) is 5.91 Å². The van der Waals surface area contributed by atoms with Gasteiger partial charge in [-0.2, -0.15) is 23.4 Å². The van der Waals surface area contributed by atoms with Gasteiger partial charge < -0.3 is 5.32 Å².